The Morgan fingerprint density at radius 1 is 0.968 bits per heavy atom. The lowest BCUT2D eigenvalue weighted by Gasteiger charge is -2.31. The van der Waals surface area contributed by atoms with Gasteiger partial charge in [0.25, 0.3) is 0 Å². The molecule has 6 heteroatoms. The van der Waals surface area contributed by atoms with E-state index < -0.39 is 0 Å². The Kier molecular flexibility index (Phi) is 6.70. The number of pyridine rings is 1. The number of rotatable bonds is 7. The third-order valence-corrected chi connectivity index (χ3v) is 7.05. The molecule has 0 N–H and O–H groups in total. The maximum absolute atomic E-state index is 6.23. The van der Waals surface area contributed by atoms with E-state index in [1.807, 2.05) is 24.0 Å². The van der Waals surface area contributed by atoms with Gasteiger partial charge in [-0.2, -0.15) is 0 Å². The topological polar surface area (TPSA) is 37.8 Å². The second-order valence-corrected chi connectivity index (χ2v) is 9.21. The van der Waals surface area contributed by atoms with Gasteiger partial charge >= 0.3 is 0 Å². The average molecular weight is 436 g/mol. The Morgan fingerprint density at radius 3 is 2.68 bits per heavy atom. The van der Waals surface area contributed by atoms with Gasteiger partial charge in [-0.15, -0.1) is 11.8 Å². The molecule has 1 fully saturated rings. The smallest absolute Gasteiger partial charge is 0.152 e. The Balaban J connectivity index is 1.29. The van der Waals surface area contributed by atoms with Crippen LogP contribution < -0.4 is 4.74 Å². The lowest BCUT2D eigenvalue weighted by molar-refractivity contribution is 0.0331. The first-order chi connectivity index (χ1) is 15.4. The van der Waals surface area contributed by atoms with Crippen LogP contribution in [-0.2, 0) is 17.0 Å². The molecule has 3 heterocycles. The van der Waals surface area contributed by atoms with Gasteiger partial charge in [-0.05, 0) is 42.8 Å². The van der Waals surface area contributed by atoms with E-state index in [1.54, 1.807) is 0 Å². The average Bonchev–Trinajstić information content (AvgIpc) is 2.84. The summed E-state index contributed by atoms with van der Waals surface area (Å²) in [5.41, 5.74) is 3.58. The fourth-order valence-electron chi connectivity index (χ4n) is 4.36. The van der Waals surface area contributed by atoms with Crippen molar-refractivity contribution in [1.29, 1.82) is 0 Å². The molecular formula is C25H29N3O2S. The molecular weight excluding hydrogens is 406 g/mol. The van der Waals surface area contributed by atoms with Crippen molar-refractivity contribution in [1.82, 2.24) is 14.8 Å². The first-order valence-corrected chi connectivity index (χ1v) is 12.1. The molecule has 0 saturated carbocycles. The number of nitrogens with zero attached hydrogens (tertiary/aromatic N) is 3. The minimum Gasteiger partial charge on any atom is -0.475 e. The van der Waals surface area contributed by atoms with Crippen LogP contribution in [0.1, 0.15) is 17.5 Å². The van der Waals surface area contributed by atoms with Gasteiger partial charge in [-0.1, -0.05) is 24.3 Å². The van der Waals surface area contributed by atoms with Crippen molar-refractivity contribution in [3.05, 3.63) is 65.9 Å². The molecule has 5 rings (SSSR count). The second-order valence-electron chi connectivity index (χ2n) is 8.16. The van der Waals surface area contributed by atoms with Gasteiger partial charge in [0.1, 0.15) is 12.2 Å². The number of ether oxygens (including phenoxy) is 2. The normalized spacial score (nSPS) is 17.4. The van der Waals surface area contributed by atoms with Crippen LogP contribution in [0.25, 0.3) is 10.9 Å². The van der Waals surface area contributed by atoms with Crippen LogP contribution in [0.15, 0.2) is 59.6 Å². The minimum absolute atomic E-state index is 0.639. The summed E-state index contributed by atoms with van der Waals surface area (Å²) in [5.74, 6) is 1.89. The van der Waals surface area contributed by atoms with E-state index in [2.05, 4.69) is 57.2 Å². The highest BCUT2D eigenvalue weighted by Gasteiger charge is 2.22. The van der Waals surface area contributed by atoms with Crippen molar-refractivity contribution in [2.75, 3.05) is 46.1 Å². The summed E-state index contributed by atoms with van der Waals surface area (Å²) < 4.78 is 11.7. The van der Waals surface area contributed by atoms with E-state index in [-0.39, 0.29) is 0 Å². The van der Waals surface area contributed by atoms with Crippen LogP contribution in [0.3, 0.4) is 0 Å². The summed E-state index contributed by atoms with van der Waals surface area (Å²) in [4.78, 5) is 10.9. The minimum atomic E-state index is 0.639. The van der Waals surface area contributed by atoms with Gasteiger partial charge in [-0.3, -0.25) is 14.8 Å². The number of morpholine rings is 1. The molecule has 3 aromatic rings. The molecule has 5 nitrogen and oxygen atoms in total. The van der Waals surface area contributed by atoms with Crippen molar-refractivity contribution in [2.24, 2.45) is 0 Å². The fraction of sp³-hybridized carbons (Fsp3) is 0.400. The van der Waals surface area contributed by atoms with Gasteiger partial charge in [0.15, 0.2) is 5.75 Å². The Hall–Kier alpha value is -2.12. The number of hydrogen-bond donors (Lipinski definition) is 0. The van der Waals surface area contributed by atoms with Crippen molar-refractivity contribution in [2.45, 2.75) is 23.6 Å². The zero-order valence-electron chi connectivity index (χ0n) is 17.8. The quantitative estimate of drug-likeness (QED) is 0.512. The SMILES string of the molecule is c1ccc(SCc2cc3c(c4ncccc24)OCN(CCCN2CCOCC2)C3)cc1. The van der Waals surface area contributed by atoms with Gasteiger partial charge in [0, 0.05) is 54.0 Å². The predicted octanol–water partition coefficient (Wildman–Crippen LogP) is 4.40. The first kappa shape index (κ1) is 20.8. The van der Waals surface area contributed by atoms with Crippen LogP contribution >= 0.6 is 11.8 Å². The van der Waals surface area contributed by atoms with Crippen molar-refractivity contribution >= 4 is 22.7 Å². The maximum Gasteiger partial charge on any atom is 0.152 e. The molecule has 0 aliphatic carbocycles. The predicted molar refractivity (Wildman–Crippen MR) is 126 cm³/mol. The molecule has 1 saturated heterocycles. The molecule has 2 aliphatic heterocycles. The third-order valence-electron chi connectivity index (χ3n) is 5.98. The number of hydrogen-bond acceptors (Lipinski definition) is 6. The maximum atomic E-state index is 6.23. The molecule has 162 valence electrons. The van der Waals surface area contributed by atoms with E-state index in [0.717, 1.165) is 69.4 Å². The molecule has 0 atom stereocenters. The standard InChI is InChI=1S/C25H29N3O2S/c1-2-6-22(7-3-1)31-18-21-16-20-17-28(11-5-10-27-12-14-29-15-13-27)19-30-25(20)24-23(21)8-4-9-26-24/h1-4,6-9,16H,5,10-15,17-19H2. The first-order valence-electron chi connectivity index (χ1n) is 11.1. The lowest BCUT2D eigenvalue weighted by atomic mass is 10.0. The number of benzene rings is 2. The molecule has 0 unspecified atom stereocenters. The van der Waals surface area contributed by atoms with E-state index in [4.69, 9.17) is 9.47 Å². The summed E-state index contributed by atoms with van der Waals surface area (Å²) in [6.45, 7) is 7.58. The molecule has 31 heavy (non-hydrogen) atoms. The molecule has 0 radical (unpaired) electrons. The van der Waals surface area contributed by atoms with Gasteiger partial charge < -0.3 is 9.47 Å². The number of fused-ring (bicyclic) bond motifs is 3. The second kappa shape index (κ2) is 10.0. The zero-order valence-corrected chi connectivity index (χ0v) is 18.7. The van der Waals surface area contributed by atoms with Crippen molar-refractivity contribution < 1.29 is 9.47 Å². The Labute approximate surface area is 188 Å². The van der Waals surface area contributed by atoms with Crippen molar-refractivity contribution in [3.8, 4) is 5.75 Å². The Morgan fingerprint density at radius 2 is 1.81 bits per heavy atom. The summed E-state index contributed by atoms with van der Waals surface area (Å²) in [5, 5.41) is 1.20. The van der Waals surface area contributed by atoms with Crippen LogP contribution in [0.5, 0.6) is 5.75 Å². The molecule has 2 aliphatic rings. The van der Waals surface area contributed by atoms with E-state index in [9.17, 15) is 0 Å². The molecule has 1 aromatic heterocycles. The third kappa shape index (κ3) is 5.04. The largest absolute Gasteiger partial charge is 0.475 e. The number of thioether (sulfide) groups is 1. The molecule has 0 amide bonds. The fourth-order valence-corrected chi connectivity index (χ4v) is 5.27. The lowest BCUT2D eigenvalue weighted by Crippen LogP contribution is -2.39. The Bertz CT molecular complexity index is 1010. The van der Waals surface area contributed by atoms with Crippen LogP contribution in [0.2, 0.25) is 0 Å². The van der Waals surface area contributed by atoms with Gasteiger partial charge in [0.05, 0.1) is 13.2 Å². The van der Waals surface area contributed by atoms with Crippen LogP contribution in [-0.4, -0.2) is 60.9 Å². The van der Waals surface area contributed by atoms with Crippen molar-refractivity contribution in [3.63, 3.8) is 0 Å². The van der Waals surface area contributed by atoms with Crippen LogP contribution in [0.4, 0.5) is 0 Å². The van der Waals surface area contributed by atoms with E-state index in [1.165, 1.54) is 21.4 Å². The highest BCUT2D eigenvalue weighted by atomic mass is 32.2. The molecule has 2 aromatic carbocycles. The molecule has 0 bridgehead atoms. The monoisotopic (exact) mass is 435 g/mol. The zero-order chi connectivity index (χ0) is 20.9. The summed E-state index contributed by atoms with van der Waals surface area (Å²) in [7, 11) is 0. The highest BCUT2D eigenvalue weighted by Crippen LogP contribution is 2.36. The highest BCUT2D eigenvalue weighted by molar-refractivity contribution is 7.98. The van der Waals surface area contributed by atoms with Gasteiger partial charge in [-0.25, -0.2) is 0 Å². The van der Waals surface area contributed by atoms with E-state index >= 15 is 0 Å². The van der Waals surface area contributed by atoms with Crippen LogP contribution in [0, 0.1) is 0 Å². The number of aromatic nitrogens is 1. The molecule has 0 spiro atoms. The summed E-state index contributed by atoms with van der Waals surface area (Å²) in [6.07, 6.45) is 3.02. The summed E-state index contributed by atoms with van der Waals surface area (Å²) >= 11 is 1.87. The summed E-state index contributed by atoms with van der Waals surface area (Å²) in [6, 6.07) is 17.1. The van der Waals surface area contributed by atoms with Gasteiger partial charge in [0.2, 0.25) is 0 Å². The van der Waals surface area contributed by atoms with E-state index in [0.29, 0.717) is 6.73 Å².